The number of aromatic nitrogens is 2. The predicted octanol–water partition coefficient (Wildman–Crippen LogP) is 3.76. The molecule has 0 saturated carbocycles. The topological polar surface area (TPSA) is 17.8 Å². The number of halogens is 2. The maximum atomic E-state index is 4.31. The number of hydrogen-bond donors (Lipinski definition) is 0. The van der Waals surface area contributed by atoms with Gasteiger partial charge in [0.2, 0.25) is 0 Å². The second-order valence-electron chi connectivity index (χ2n) is 3.43. The maximum absolute atomic E-state index is 4.31. The molecule has 0 saturated heterocycles. The summed E-state index contributed by atoms with van der Waals surface area (Å²) in [7, 11) is 0. The summed E-state index contributed by atoms with van der Waals surface area (Å²) in [5, 5.41) is 4.31. The standard InChI is InChI=1S/C11H10Br2N2/c1-8-2-4-9(5-3-8)7-15-11(13)6-10(12)14-15/h2-6H,7H2,1H3. The van der Waals surface area contributed by atoms with Gasteiger partial charge in [0, 0.05) is 6.07 Å². The Bertz CT molecular complexity index is 460. The van der Waals surface area contributed by atoms with Crippen LogP contribution in [0.15, 0.2) is 39.5 Å². The zero-order valence-corrected chi connectivity index (χ0v) is 11.4. The van der Waals surface area contributed by atoms with Gasteiger partial charge in [-0.3, -0.25) is 4.68 Å². The van der Waals surface area contributed by atoms with Crippen LogP contribution in [-0.2, 0) is 6.54 Å². The summed E-state index contributed by atoms with van der Waals surface area (Å²) in [5.74, 6) is 0. The van der Waals surface area contributed by atoms with Crippen LogP contribution in [0, 0.1) is 6.92 Å². The number of hydrogen-bond acceptors (Lipinski definition) is 1. The highest BCUT2D eigenvalue weighted by Gasteiger charge is 2.03. The Morgan fingerprint density at radius 2 is 1.87 bits per heavy atom. The largest absolute Gasteiger partial charge is 0.253 e. The Morgan fingerprint density at radius 3 is 2.40 bits per heavy atom. The first-order valence-corrected chi connectivity index (χ1v) is 6.18. The van der Waals surface area contributed by atoms with Crippen molar-refractivity contribution in [2.24, 2.45) is 0 Å². The Balaban J connectivity index is 2.21. The Hall–Kier alpha value is -0.610. The SMILES string of the molecule is Cc1ccc(Cn2nc(Br)cc2Br)cc1. The molecule has 1 heterocycles. The third-order valence-electron chi connectivity index (χ3n) is 2.15. The van der Waals surface area contributed by atoms with Crippen LogP contribution in [0.3, 0.4) is 0 Å². The smallest absolute Gasteiger partial charge is 0.129 e. The van der Waals surface area contributed by atoms with Crippen molar-refractivity contribution in [3.8, 4) is 0 Å². The van der Waals surface area contributed by atoms with Gasteiger partial charge in [0.05, 0.1) is 6.54 Å². The summed E-state index contributed by atoms with van der Waals surface area (Å²) in [6, 6.07) is 10.4. The van der Waals surface area contributed by atoms with Gasteiger partial charge in [-0.25, -0.2) is 0 Å². The number of aryl methyl sites for hydroxylation is 1. The van der Waals surface area contributed by atoms with Gasteiger partial charge in [-0.2, -0.15) is 5.10 Å². The molecule has 1 aromatic heterocycles. The molecule has 0 atom stereocenters. The molecule has 4 heteroatoms. The predicted molar refractivity (Wildman–Crippen MR) is 67.9 cm³/mol. The van der Waals surface area contributed by atoms with Crippen molar-refractivity contribution in [1.82, 2.24) is 9.78 Å². The van der Waals surface area contributed by atoms with Crippen LogP contribution in [0.1, 0.15) is 11.1 Å². The second kappa shape index (κ2) is 4.49. The van der Waals surface area contributed by atoms with Crippen molar-refractivity contribution in [2.45, 2.75) is 13.5 Å². The number of rotatable bonds is 2. The molecule has 0 aliphatic heterocycles. The normalized spacial score (nSPS) is 10.6. The lowest BCUT2D eigenvalue weighted by molar-refractivity contribution is 0.667. The lowest BCUT2D eigenvalue weighted by Crippen LogP contribution is -2.01. The molecule has 1 aromatic carbocycles. The van der Waals surface area contributed by atoms with Crippen molar-refractivity contribution in [3.05, 3.63) is 50.7 Å². The first-order chi connectivity index (χ1) is 7.15. The molecular formula is C11H10Br2N2. The van der Waals surface area contributed by atoms with Crippen LogP contribution in [0.4, 0.5) is 0 Å². The van der Waals surface area contributed by atoms with Crippen molar-refractivity contribution < 1.29 is 0 Å². The van der Waals surface area contributed by atoms with Crippen LogP contribution in [0.25, 0.3) is 0 Å². The van der Waals surface area contributed by atoms with E-state index >= 15 is 0 Å². The van der Waals surface area contributed by atoms with Gasteiger partial charge >= 0.3 is 0 Å². The minimum atomic E-state index is 0.784. The molecule has 2 nitrogen and oxygen atoms in total. The van der Waals surface area contributed by atoms with Crippen molar-refractivity contribution in [2.75, 3.05) is 0 Å². The van der Waals surface area contributed by atoms with E-state index in [1.807, 2.05) is 10.7 Å². The van der Waals surface area contributed by atoms with E-state index < -0.39 is 0 Å². The molecule has 0 spiro atoms. The molecule has 15 heavy (non-hydrogen) atoms. The molecule has 0 bridgehead atoms. The molecule has 0 aliphatic carbocycles. The third kappa shape index (κ3) is 2.69. The molecule has 2 aromatic rings. The molecule has 0 fully saturated rings. The van der Waals surface area contributed by atoms with E-state index in [4.69, 9.17) is 0 Å². The fourth-order valence-corrected chi connectivity index (χ4v) is 2.48. The first kappa shape index (κ1) is 10.9. The minimum absolute atomic E-state index is 0.784. The highest BCUT2D eigenvalue weighted by Crippen LogP contribution is 2.17. The van der Waals surface area contributed by atoms with Gasteiger partial charge in [0.25, 0.3) is 0 Å². The zero-order valence-electron chi connectivity index (χ0n) is 8.24. The summed E-state index contributed by atoms with van der Waals surface area (Å²) < 4.78 is 3.74. The average molecular weight is 330 g/mol. The molecule has 78 valence electrons. The second-order valence-corrected chi connectivity index (χ2v) is 5.06. The van der Waals surface area contributed by atoms with Gasteiger partial charge in [0.15, 0.2) is 0 Å². The van der Waals surface area contributed by atoms with Crippen LogP contribution in [-0.4, -0.2) is 9.78 Å². The maximum Gasteiger partial charge on any atom is 0.129 e. The Kier molecular flexibility index (Phi) is 3.26. The highest BCUT2D eigenvalue weighted by molar-refractivity contribution is 9.11. The Morgan fingerprint density at radius 1 is 1.20 bits per heavy atom. The van der Waals surface area contributed by atoms with Gasteiger partial charge in [-0.15, -0.1) is 0 Å². The quantitative estimate of drug-likeness (QED) is 0.820. The first-order valence-electron chi connectivity index (χ1n) is 4.59. The van der Waals surface area contributed by atoms with Crippen LogP contribution in [0.5, 0.6) is 0 Å². The van der Waals surface area contributed by atoms with Gasteiger partial charge < -0.3 is 0 Å². The molecular weight excluding hydrogens is 320 g/mol. The van der Waals surface area contributed by atoms with Crippen LogP contribution >= 0.6 is 31.9 Å². The molecule has 0 radical (unpaired) electrons. The van der Waals surface area contributed by atoms with E-state index in [9.17, 15) is 0 Å². The minimum Gasteiger partial charge on any atom is -0.253 e. The fourth-order valence-electron chi connectivity index (χ4n) is 1.34. The van der Waals surface area contributed by atoms with E-state index in [1.54, 1.807) is 0 Å². The van der Waals surface area contributed by atoms with Crippen molar-refractivity contribution in [3.63, 3.8) is 0 Å². The van der Waals surface area contributed by atoms with Gasteiger partial charge in [-0.1, -0.05) is 29.8 Å². The van der Waals surface area contributed by atoms with E-state index in [1.165, 1.54) is 11.1 Å². The van der Waals surface area contributed by atoms with Gasteiger partial charge in [-0.05, 0) is 44.3 Å². The molecule has 0 unspecified atom stereocenters. The van der Waals surface area contributed by atoms with E-state index in [-0.39, 0.29) is 0 Å². The van der Waals surface area contributed by atoms with E-state index in [0.29, 0.717) is 0 Å². The summed E-state index contributed by atoms with van der Waals surface area (Å²) in [6.07, 6.45) is 0. The fraction of sp³-hybridized carbons (Fsp3) is 0.182. The van der Waals surface area contributed by atoms with Crippen LogP contribution < -0.4 is 0 Å². The van der Waals surface area contributed by atoms with Crippen molar-refractivity contribution in [1.29, 1.82) is 0 Å². The summed E-state index contributed by atoms with van der Waals surface area (Å²) in [4.78, 5) is 0. The van der Waals surface area contributed by atoms with Crippen LogP contribution in [0.2, 0.25) is 0 Å². The van der Waals surface area contributed by atoms with Crippen molar-refractivity contribution >= 4 is 31.9 Å². The average Bonchev–Trinajstić information content (AvgIpc) is 2.49. The lowest BCUT2D eigenvalue weighted by atomic mass is 10.1. The van der Waals surface area contributed by atoms with E-state index in [2.05, 4.69) is 68.1 Å². The van der Waals surface area contributed by atoms with Gasteiger partial charge in [0.1, 0.15) is 9.21 Å². The molecule has 0 aliphatic rings. The van der Waals surface area contributed by atoms with E-state index in [0.717, 1.165) is 15.8 Å². The third-order valence-corrected chi connectivity index (χ3v) is 3.18. The zero-order chi connectivity index (χ0) is 10.8. The Labute approximate surface area is 106 Å². The monoisotopic (exact) mass is 328 g/mol. The summed E-state index contributed by atoms with van der Waals surface area (Å²) in [5.41, 5.74) is 2.52. The number of nitrogens with zero attached hydrogens (tertiary/aromatic N) is 2. The summed E-state index contributed by atoms with van der Waals surface area (Å²) in [6.45, 7) is 2.87. The molecule has 0 amide bonds. The highest BCUT2D eigenvalue weighted by atomic mass is 79.9. The molecule has 2 rings (SSSR count). The summed E-state index contributed by atoms with van der Waals surface area (Å²) >= 11 is 6.81. The number of benzene rings is 1. The molecule has 0 N–H and O–H groups in total. The lowest BCUT2D eigenvalue weighted by Gasteiger charge is -2.03.